The summed E-state index contributed by atoms with van der Waals surface area (Å²) in [5.41, 5.74) is 1.53. The second-order valence-electron chi connectivity index (χ2n) is 5.50. The third kappa shape index (κ3) is 4.09. The van der Waals surface area contributed by atoms with Gasteiger partial charge >= 0.3 is 0 Å². The summed E-state index contributed by atoms with van der Waals surface area (Å²) < 4.78 is 0. The first-order chi connectivity index (χ1) is 12.2. The lowest BCUT2D eigenvalue weighted by Crippen LogP contribution is -2.34. The Hall–Kier alpha value is -2.60. The van der Waals surface area contributed by atoms with Crippen molar-refractivity contribution >= 4 is 40.1 Å². The molecule has 2 aromatic carbocycles. The van der Waals surface area contributed by atoms with Crippen LogP contribution in [-0.2, 0) is 9.59 Å². The Balaban J connectivity index is 1.92. The highest BCUT2D eigenvalue weighted by atomic mass is 32.2. The Kier molecular flexibility index (Phi) is 5.50. The lowest BCUT2D eigenvalue weighted by molar-refractivity contribution is -0.124. The number of nitrogens with one attached hydrogen (secondary N) is 1. The van der Waals surface area contributed by atoms with Crippen molar-refractivity contribution in [3.05, 3.63) is 60.7 Å². The number of aliphatic imine (C=N–C) groups is 1. The van der Waals surface area contributed by atoms with Gasteiger partial charge in [0.15, 0.2) is 5.17 Å². The van der Waals surface area contributed by atoms with Crippen LogP contribution >= 0.6 is 11.8 Å². The van der Waals surface area contributed by atoms with Crippen molar-refractivity contribution in [2.24, 2.45) is 4.99 Å². The van der Waals surface area contributed by atoms with Crippen LogP contribution in [0.3, 0.4) is 0 Å². The molecule has 25 heavy (non-hydrogen) atoms. The van der Waals surface area contributed by atoms with Gasteiger partial charge in [-0.2, -0.15) is 0 Å². The summed E-state index contributed by atoms with van der Waals surface area (Å²) in [6.45, 7) is 2.41. The fraction of sp³-hybridized carbons (Fsp3) is 0.211. The van der Waals surface area contributed by atoms with Gasteiger partial charge in [-0.1, -0.05) is 48.2 Å². The minimum atomic E-state index is -0.464. The molecule has 1 N–H and O–H groups in total. The Morgan fingerprint density at radius 3 is 2.40 bits per heavy atom. The number of para-hydroxylation sites is 2. The molecule has 0 spiro atoms. The Labute approximate surface area is 151 Å². The van der Waals surface area contributed by atoms with E-state index in [0.717, 1.165) is 11.4 Å². The second kappa shape index (κ2) is 7.98. The average Bonchev–Trinajstić information content (AvgIpc) is 2.92. The van der Waals surface area contributed by atoms with Gasteiger partial charge in [-0.05, 0) is 31.2 Å². The molecular weight excluding hydrogens is 334 g/mol. The van der Waals surface area contributed by atoms with E-state index < -0.39 is 5.25 Å². The zero-order valence-electron chi connectivity index (χ0n) is 13.9. The molecule has 5 nitrogen and oxygen atoms in total. The van der Waals surface area contributed by atoms with Crippen LogP contribution < -0.4 is 10.2 Å². The summed E-state index contributed by atoms with van der Waals surface area (Å²) in [6, 6.07) is 18.9. The van der Waals surface area contributed by atoms with Crippen molar-refractivity contribution in [2.75, 3.05) is 11.4 Å². The first kappa shape index (κ1) is 17.2. The largest absolute Gasteiger partial charge is 0.356 e. The van der Waals surface area contributed by atoms with Gasteiger partial charge in [0, 0.05) is 13.0 Å². The van der Waals surface area contributed by atoms with Gasteiger partial charge in [-0.15, -0.1) is 0 Å². The molecule has 6 heteroatoms. The summed E-state index contributed by atoms with van der Waals surface area (Å²) in [7, 11) is 0. The molecule has 2 amide bonds. The molecule has 0 aromatic heterocycles. The van der Waals surface area contributed by atoms with Crippen LogP contribution in [0.25, 0.3) is 0 Å². The average molecular weight is 353 g/mol. The maximum absolute atomic E-state index is 12.9. The number of anilines is 1. The summed E-state index contributed by atoms with van der Waals surface area (Å²) in [5, 5.41) is 2.88. The molecule has 0 saturated carbocycles. The van der Waals surface area contributed by atoms with Gasteiger partial charge in [0.1, 0.15) is 5.25 Å². The minimum absolute atomic E-state index is 0.114. The number of carbonyl (C=O) groups excluding carboxylic acids is 2. The van der Waals surface area contributed by atoms with E-state index in [1.54, 1.807) is 4.90 Å². The highest BCUT2D eigenvalue weighted by Gasteiger charge is 2.40. The zero-order chi connectivity index (χ0) is 17.6. The van der Waals surface area contributed by atoms with E-state index in [1.165, 1.54) is 11.8 Å². The topological polar surface area (TPSA) is 61.8 Å². The van der Waals surface area contributed by atoms with Crippen LogP contribution in [0.1, 0.15) is 13.3 Å². The number of benzene rings is 2. The van der Waals surface area contributed by atoms with E-state index in [2.05, 4.69) is 10.3 Å². The van der Waals surface area contributed by atoms with Gasteiger partial charge in [-0.25, -0.2) is 4.99 Å². The van der Waals surface area contributed by atoms with Gasteiger partial charge in [0.25, 0.3) is 0 Å². The number of nitrogens with zero attached hydrogens (tertiary/aromatic N) is 2. The van der Waals surface area contributed by atoms with E-state index in [-0.39, 0.29) is 18.2 Å². The molecule has 1 aliphatic heterocycles. The second-order valence-corrected chi connectivity index (χ2v) is 6.67. The number of rotatable bonds is 5. The van der Waals surface area contributed by atoms with Gasteiger partial charge in [0.2, 0.25) is 11.8 Å². The quantitative estimate of drug-likeness (QED) is 0.897. The van der Waals surface area contributed by atoms with Crippen LogP contribution in [0.5, 0.6) is 0 Å². The summed E-state index contributed by atoms with van der Waals surface area (Å²) in [6.07, 6.45) is 0.147. The first-order valence-electron chi connectivity index (χ1n) is 8.15. The molecule has 0 aliphatic carbocycles. The van der Waals surface area contributed by atoms with Crippen LogP contribution in [0, 0.1) is 0 Å². The fourth-order valence-electron chi connectivity index (χ4n) is 2.54. The summed E-state index contributed by atoms with van der Waals surface area (Å²) >= 11 is 1.34. The van der Waals surface area contributed by atoms with Gasteiger partial charge in [-0.3, -0.25) is 14.5 Å². The normalized spacial score (nSPS) is 18.6. The molecule has 1 atom stereocenters. The lowest BCUT2D eigenvalue weighted by atomic mass is 10.2. The summed E-state index contributed by atoms with van der Waals surface area (Å²) in [5.74, 6) is -0.237. The molecular formula is C19H19N3O2S. The maximum Gasteiger partial charge on any atom is 0.247 e. The molecule has 0 unspecified atom stereocenters. The van der Waals surface area contributed by atoms with Crippen LogP contribution in [-0.4, -0.2) is 28.8 Å². The van der Waals surface area contributed by atoms with E-state index in [0.29, 0.717) is 11.7 Å². The van der Waals surface area contributed by atoms with Crippen molar-refractivity contribution in [1.29, 1.82) is 0 Å². The molecule has 1 aliphatic rings. The monoisotopic (exact) mass is 353 g/mol. The standard InChI is InChI=1S/C19H19N3O2S/c1-2-20-17(23)13-16-18(24)22(15-11-7-4-8-12-15)19(25-16)21-14-9-5-3-6-10-14/h3-12,16H,2,13H2,1H3,(H,20,23)/t16-/m0/s1. The Morgan fingerprint density at radius 1 is 1.12 bits per heavy atom. The Morgan fingerprint density at radius 2 is 1.76 bits per heavy atom. The molecule has 1 fully saturated rings. The molecule has 0 bridgehead atoms. The molecule has 128 valence electrons. The molecule has 3 rings (SSSR count). The number of thioether (sulfide) groups is 1. The zero-order valence-corrected chi connectivity index (χ0v) is 14.7. The smallest absolute Gasteiger partial charge is 0.247 e. The third-order valence-electron chi connectivity index (χ3n) is 3.67. The number of hydrogen-bond acceptors (Lipinski definition) is 4. The fourth-order valence-corrected chi connectivity index (χ4v) is 3.69. The highest BCUT2D eigenvalue weighted by molar-refractivity contribution is 8.16. The number of carbonyl (C=O) groups is 2. The predicted molar refractivity (Wildman–Crippen MR) is 102 cm³/mol. The molecule has 1 saturated heterocycles. The van der Waals surface area contributed by atoms with Crippen molar-refractivity contribution in [3.63, 3.8) is 0 Å². The van der Waals surface area contributed by atoms with Crippen LogP contribution in [0.4, 0.5) is 11.4 Å². The van der Waals surface area contributed by atoms with Crippen molar-refractivity contribution in [2.45, 2.75) is 18.6 Å². The van der Waals surface area contributed by atoms with Crippen LogP contribution in [0.15, 0.2) is 65.7 Å². The van der Waals surface area contributed by atoms with E-state index in [4.69, 9.17) is 0 Å². The third-order valence-corrected chi connectivity index (χ3v) is 4.81. The first-order valence-corrected chi connectivity index (χ1v) is 9.03. The van der Waals surface area contributed by atoms with Crippen LogP contribution in [0.2, 0.25) is 0 Å². The predicted octanol–water partition coefficient (Wildman–Crippen LogP) is 3.35. The van der Waals surface area contributed by atoms with Crippen molar-refractivity contribution in [1.82, 2.24) is 5.32 Å². The van der Waals surface area contributed by atoms with Gasteiger partial charge < -0.3 is 5.32 Å². The SMILES string of the molecule is CCNC(=O)C[C@@H]1SC(=Nc2ccccc2)N(c2ccccc2)C1=O. The summed E-state index contributed by atoms with van der Waals surface area (Å²) in [4.78, 5) is 31.0. The number of amidine groups is 1. The van der Waals surface area contributed by atoms with E-state index in [9.17, 15) is 9.59 Å². The van der Waals surface area contributed by atoms with E-state index in [1.807, 2.05) is 67.6 Å². The van der Waals surface area contributed by atoms with Crippen molar-refractivity contribution in [3.8, 4) is 0 Å². The molecule has 0 radical (unpaired) electrons. The minimum Gasteiger partial charge on any atom is -0.356 e. The van der Waals surface area contributed by atoms with Gasteiger partial charge in [0.05, 0.1) is 11.4 Å². The van der Waals surface area contributed by atoms with E-state index >= 15 is 0 Å². The Bertz CT molecular complexity index is 778. The van der Waals surface area contributed by atoms with Crippen molar-refractivity contribution < 1.29 is 9.59 Å². The molecule has 2 aromatic rings. The maximum atomic E-state index is 12.9. The lowest BCUT2D eigenvalue weighted by Gasteiger charge is -2.16. The highest BCUT2D eigenvalue weighted by Crippen LogP contribution is 2.35. The molecule has 1 heterocycles. The number of amides is 2. The number of hydrogen-bond donors (Lipinski definition) is 1.